The molecule has 1 aromatic rings. The molecule has 0 unspecified atom stereocenters. The highest BCUT2D eigenvalue weighted by molar-refractivity contribution is 6.28. The zero-order chi connectivity index (χ0) is 10.6. The Labute approximate surface area is 89.2 Å². The second-order valence-electron chi connectivity index (χ2n) is 3.14. The monoisotopic (exact) mass is 211 g/mol. The number of aryl methyl sites for hydroxylation is 1. The highest BCUT2D eigenvalue weighted by Gasteiger charge is 2.07. The minimum Gasteiger partial charge on any atom is -0.507 e. The lowest BCUT2D eigenvalue weighted by atomic mass is 10.0. The van der Waals surface area contributed by atoms with Crippen LogP contribution < -0.4 is 5.32 Å². The van der Waals surface area contributed by atoms with Gasteiger partial charge in [0.25, 0.3) is 0 Å². The quantitative estimate of drug-likeness (QED) is 0.805. The largest absolute Gasteiger partial charge is 0.507 e. The van der Waals surface area contributed by atoms with Crippen molar-refractivity contribution in [3.05, 3.63) is 34.9 Å². The second-order valence-corrected chi connectivity index (χ2v) is 3.35. The van der Waals surface area contributed by atoms with E-state index >= 15 is 0 Å². The van der Waals surface area contributed by atoms with E-state index in [-0.39, 0.29) is 0 Å². The van der Waals surface area contributed by atoms with Crippen molar-refractivity contribution in [1.82, 2.24) is 5.32 Å². The molecule has 14 heavy (non-hydrogen) atoms. The normalized spacial score (nSPS) is 11.8. The van der Waals surface area contributed by atoms with Crippen LogP contribution in [-0.4, -0.2) is 18.7 Å². The fourth-order valence-corrected chi connectivity index (χ4v) is 1.50. The van der Waals surface area contributed by atoms with Crippen molar-refractivity contribution in [2.45, 2.75) is 6.92 Å². The van der Waals surface area contributed by atoms with Crippen molar-refractivity contribution < 1.29 is 5.11 Å². The highest BCUT2D eigenvalue weighted by atomic mass is 35.5. The summed E-state index contributed by atoms with van der Waals surface area (Å²) in [6.45, 7) is 2.50. The molecule has 0 fully saturated rings. The molecule has 0 saturated carbocycles. The smallest absolute Gasteiger partial charge is 0.126 e. The number of nitrogens with one attached hydrogen (secondary N) is 1. The Bertz CT molecular complexity index is 347. The van der Waals surface area contributed by atoms with E-state index in [0.29, 0.717) is 12.3 Å². The molecule has 2 N–H and O–H groups in total. The van der Waals surface area contributed by atoms with Crippen molar-refractivity contribution in [3.8, 4) is 5.75 Å². The Morgan fingerprint density at radius 1 is 1.57 bits per heavy atom. The number of para-hydroxylation sites is 1. The number of likely N-dealkylation sites (N-methyl/N-ethyl adjacent to an activating group) is 1. The van der Waals surface area contributed by atoms with Gasteiger partial charge in [-0.2, -0.15) is 0 Å². The molecule has 0 bridgehead atoms. The molecule has 0 heterocycles. The first-order valence-corrected chi connectivity index (χ1v) is 4.87. The molecule has 0 aliphatic rings. The first-order valence-electron chi connectivity index (χ1n) is 4.43. The second kappa shape index (κ2) is 5.03. The zero-order valence-corrected chi connectivity index (χ0v) is 9.10. The zero-order valence-electron chi connectivity index (χ0n) is 8.34. The topological polar surface area (TPSA) is 32.3 Å². The average Bonchev–Trinajstić information content (AvgIpc) is 2.19. The summed E-state index contributed by atoms with van der Waals surface area (Å²) in [6, 6.07) is 5.62. The van der Waals surface area contributed by atoms with Crippen LogP contribution in [0, 0.1) is 6.92 Å². The molecule has 0 atom stereocenters. The van der Waals surface area contributed by atoms with Crippen LogP contribution in [0.25, 0.3) is 5.57 Å². The van der Waals surface area contributed by atoms with Crippen LogP contribution in [0.5, 0.6) is 5.75 Å². The van der Waals surface area contributed by atoms with Gasteiger partial charge in [-0.3, -0.25) is 0 Å². The van der Waals surface area contributed by atoms with E-state index in [1.165, 1.54) is 5.54 Å². The van der Waals surface area contributed by atoms with Gasteiger partial charge in [0.15, 0.2) is 0 Å². The fraction of sp³-hybridized carbons (Fsp3) is 0.273. The van der Waals surface area contributed by atoms with Crippen molar-refractivity contribution in [3.63, 3.8) is 0 Å². The summed E-state index contributed by atoms with van der Waals surface area (Å²) in [5, 5.41) is 12.8. The summed E-state index contributed by atoms with van der Waals surface area (Å²) in [5.74, 6) is 0.301. The molecule has 0 amide bonds. The molecule has 2 nitrogen and oxygen atoms in total. The van der Waals surface area contributed by atoms with Crippen molar-refractivity contribution in [2.75, 3.05) is 13.6 Å². The van der Waals surface area contributed by atoms with Gasteiger partial charge in [-0.25, -0.2) is 0 Å². The Morgan fingerprint density at radius 2 is 2.29 bits per heavy atom. The van der Waals surface area contributed by atoms with Crippen LogP contribution in [0.15, 0.2) is 23.7 Å². The minimum atomic E-state index is 0.301. The van der Waals surface area contributed by atoms with Crippen molar-refractivity contribution >= 4 is 17.2 Å². The van der Waals surface area contributed by atoms with Gasteiger partial charge >= 0.3 is 0 Å². The summed E-state index contributed by atoms with van der Waals surface area (Å²) >= 11 is 5.69. The number of benzene rings is 1. The van der Waals surface area contributed by atoms with Gasteiger partial charge < -0.3 is 10.4 Å². The molecular formula is C11H14ClNO. The lowest BCUT2D eigenvalue weighted by Gasteiger charge is -2.09. The van der Waals surface area contributed by atoms with Gasteiger partial charge in [-0.15, -0.1) is 0 Å². The molecule has 0 radical (unpaired) electrons. The van der Waals surface area contributed by atoms with Crippen LogP contribution in [0.3, 0.4) is 0 Å². The Kier molecular flexibility index (Phi) is 3.98. The van der Waals surface area contributed by atoms with E-state index in [0.717, 1.165) is 16.7 Å². The Hall–Kier alpha value is -0.990. The predicted molar refractivity (Wildman–Crippen MR) is 60.6 cm³/mol. The first kappa shape index (κ1) is 11.1. The number of rotatable bonds is 3. The van der Waals surface area contributed by atoms with Gasteiger partial charge in [-0.1, -0.05) is 29.8 Å². The third kappa shape index (κ3) is 2.28. The van der Waals surface area contributed by atoms with Crippen LogP contribution in [0.4, 0.5) is 0 Å². The first-order chi connectivity index (χ1) is 6.70. The third-order valence-electron chi connectivity index (χ3n) is 2.08. The SMILES string of the molecule is CNC/C(=C\Cl)c1cccc(C)c1O. The predicted octanol–water partition coefficient (Wildman–Crippen LogP) is 2.50. The Balaban J connectivity index is 3.11. The molecule has 0 aliphatic carbocycles. The van der Waals surface area contributed by atoms with Gasteiger partial charge in [0, 0.05) is 17.6 Å². The van der Waals surface area contributed by atoms with Gasteiger partial charge in [0.1, 0.15) is 5.75 Å². The number of hydrogen-bond donors (Lipinski definition) is 2. The molecule has 76 valence electrons. The number of halogens is 1. The van der Waals surface area contributed by atoms with Gasteiger partial charge in [-0.05, 0) is 25.1 Å². The molecular weight excluding hydrogens is 198 g/mol. The van der Waals surface area contributed by atoms with E-state index in [2.05, 4.69) is 5.32 Å². The van der Waals surface area contributed by atoms with Crippen LogP contribution in [0.2, 0.25) is 0 Å². The summed E-state index contributed by atoms with van der Waals surface area (Å²) < 4.78 is 0. The summed E-state index contributed by atoms with van der Waals surface area (Å²) in [6.07, 6.45) is 0. The lowest BCUT2D eigenvalue weighted by Crippen LogP contribution is -2.09. The average molecular weight is 212 g/mol. The number of phenols is 1. The number of hydrogen-bond acceptors (Lipinski definition) is 2. The molecule has 0 aromatic heterocycles. The standard InChI is InChI=1S/C11H14ClNO/c1-8-4-3-5-10(11(8)14)9(6-12)7-13-2/h3-6,13-14H,7H2,1-2H3/b9-6+. The van der Waals surface area contributed by atoms with Gasteiger partial charge in [0.05, 0.1) is 0 Å². The molecule has 0 spiro atoms. The van der Waals surface area contributed by atoms with E-state index in [1.807, 2.05) is 32.2 Å². The molecule has 1 aromatic carbocycles. The minimum absolute atomic E-state index is 0.301. The third-order valence-corrected chi connectivity index (χ3v) is 2.35. The Morgan fingerprint density at radius 3 is 2.86 bits per heavy atom. The van der Waals surface area contributed by atoms with Crippen LogP contribution in [0.1, 0.15) is 11.1 Å². The number of phenolic OH excluding ortho intramolecular Hbond substituents is 1. The fourth-order valence-electron chi connectivity index (χ4n) is 1.30. The van der Waals surface area contributed by atoms with Crippen molar-refractivity contribution in [1.29, 1.82) is 0 Å². The van der Waals surface area contributed by atoms with Crippen molar-refractivity contribution in [2.24, 2.45) is 0 Å². The highest BCUT2D eigenvalue weighted by Crippen LogP contribution is 2.28. The molecule has 0 saturated heterocycles. The van der Waals surface area contributed by atoms with Gasteiger partial charge in [0.2, 0.25) is 0 Å². The summed E-state index contributed by atoms with van der Waals surface area (Å²) in [5.41, 5.74) is 4.02. The maximum Gasteiger partial charge on any atom is 0.126 e. The summed E-state index contributed by atoms with van der Waals surface area (Å²) in [7, 11) is 1.84. The number of aromatic hydroxyl groups is 1. The summed E-state index contributed by atoms with van der Waals surface area (Å²) in [4.78, 5) is 0. The van der Waals surface area contributed by atoms with E-state index in [4.69, 9.17) is 11.6 Å². The maximum atomic E-state index is 9.80. The molecule has 1 rings (SSSR count). The van der Waals surface area contributed by atoms with E-state index in [1.54, 1.807) is 0 Å². The van der Waals surface area contributed by atoms with E-state index < -0.39 is 0 Å². The maximum absolute atomic E-state index is 9.80. The molecule has 0 aliphatic heterocycles. The van der Waals surface area contributed by atoms with Crippen LogP contribution >= 0.6 is 11.6 Å². The van der Waals surface area contributed by atoms with Crippen LogP contribution in [-0.2, 0) is 0 Å². The van der Waals surface area contributed by atoms with E-state index in [9.17, 15) is 5.11 Å². The lowest BCUT2D eigenvalue weighted by molar-refractivity contribution is 0.469. The molecule has 3 heteroatoms.